The number of nitrogens with one attached hydrogen (secondary N) is 2. The number of thiophene rings is 1. The van der Waals surface area contributed by atoms with Gasteiger partial charge >= 0.3 is 0 Å². The Hall–Kier alpha value is -0.450. The Morgan fingerprint density at radius 3 is 2.50 bits per heavy atom. The van der Waals surface area contributed by atoms with Gasteiger partial charge in [-0.25, -0.2) is 0 Å². The molecule has 0 fully saturated rings. The van der Waals surface area contributed by atoms with E-state index in [-0.39, 0.29) is 24.0 Å². The van der Waals surface area contributed by atoms with Gasteiger partial charge in [-0.05, 0) is 12.1 Å². The molecule has 0 aromatic carbocycles. The highest BCUT2D eigenvalue weighted by Gasteiger charge is 2.08. The fourth-order valence-corrected chi connectivity index (χ4v) is 3.38. The molecule has 0 aliphatic heterocycles. The summed E-state index contributed by atoms with van der Waals surface area (Å²) in [5.74, 6) is 1.15. The van der Waals surface area contributed by atoms with E-state index in [0.29, 0.717) is 19.0 Å². The number of guanidine groups is 1. The Morgan fingerprint density at radius 1 is 1.23 bits per heavy atom. The fraction of sp³-hybridized carbons (Fsp3) is 0.462. The highest BCUT2D eigenvalue weighted by molar-refractivity contribution is 14.0. The van der Waals surface area contributed by atoms with Crippen LogP contribution in [0.2, 0.25) is 4.34 Å². The van der Waals surface area contributed by atoms with Crippen molar-refractivity contribution in [2.75, 3.05) is 7.05 Å². The highest BCUT2D eigenvalue weighted by atomic mass is 127. The molecule has 122 valence electrons. The molecule has 2 heterocycles. The van der Waals surface area contributed by atoms with Gasteiger partial charge in [-0.15, -0.1) is 45.5 Å². The highest BCUT2D eigenvalue weighted by Crippen LogP contribution is 2.21. The second-order valence-electron chi connectivity index (χ2n) is 4.67. The lowest BCUT2D eigenvalue weighted by Crippen LogP contribution is -2.36. The van der Waals surface area contributed by atoms with Gasteiger partial charge in [-0.2, -0.15) is 0 Å². The molecule has 0 spiro atoms. The Bertz CT molecular complexity index is 611. The zero-order valence-electron chi connectivity index (χ0n) is 12.6. The number of nitrogens with zero attached hydrogens (tertiary/aromatic N) is 3. The van der Waals surface area contributed by atoms with Crippen molar-refractivity contribution in [3.8, 4) is 0 Å². The minimum Gasteiger partial charge on any atom is -0.352 e. The molecule has 0 saturated heterocycles. The van der Waals surface area contributed by atoms with E-state index >= 15 is 0 Å². The Morgan fingerprint density at radius 2 is 1.95 bits per heavy atom. The predicted octanol–water partition coefficient (Wildman–Crippen LogP) is 3.86. The summed E-state index contributed by atoms with van der Waals surface area (Å²) >= 11 is 9.10. The molecular formula is C13H19ClIN5S2. The summed E-state index contributed by atoms with van der Waals surface area (Å²) in [6.45, 7) is 5.55. The van der Waals surface area contributed by atoms with Gasteiger partial charge in [0.05, 0.1) is 17.4 Å². The van der Waals surface area contributed by atoms with E-state index in [1.165, 1.54) is 4.88 Å². The van der Waals surface area contributed by atoms with E-state index in [1.54, 1.807) is 29.7 Å². The zero-order chi connectivity index (χ0) is 15.2. The molecule has 0 atom stereocenters. The largest absolute Gasteiger partial charge is 0.352 e. The molecular weight excluding hydrogens is 453 g/mol. The number of hydrogen-bond acceptors (Lipinski definition) is 5. The maximum Gasteiger partial charge on any atom is 0.191 e. The Kier molecular flexibility index (Phi) is 8.58. The molecule has 2 aromatic heterocycles. The van der Waals surface area contributed by atoms with Crippen LogP contribution in [0.25, 0.3) is 0 Å². The molecule has 2 rings (SSSR count). The lowest BCUT2D eigenvalue weighted by Gasteiger charge is -2.09. The van der Waals surface area contributed by atoms with Crippen LogP contribution in [0, 0.1) is 0 Å². The van der Waals surface area contributed by atoms with Crippen LogP contribution in [0.4, 0.5) is 0 Å². The molecule has 9 heteroatoms. The van der Waals surface area contributed by atoms with Crippen LogP contribution >= 0.6 is 58.3 Å². The standard InChI is InChI=1S/C13H18ClN5S2.HI/c1-8(2)12-19-18-11(21-12)7-17-13(15-3)16-6-9-4-5-10(14)20-9;/h4-5,8H,6-7H2,1-3H3,(H2,15,16,17);1H. The summed E-state index contributed by atoms with van der Waals surface area (Å²) in [4.78, 5) is 5.36. The summed E-state index contributed by atoms with van der Waals surface area (Å²) in [5.41, 5.74) is 0. The topological polar surface area (TPSA) is 62.2 Å². The SMILES string of the molecule is CN=C(NCc1ccc(Cl)s1)NCc1nnc(C(C)C)s1.I. The third kappa shape index (κ3) is 5.98. The molecule has 0 bridgehead atoms. The minimum atomic E-state index is 0. The van der Waals surface area contributed by atoms with Crippen LogP contribution in [0.3, 0.4) is 0 Å². The maximum atomic E-state index is 5.91. The molecule has 0 aliphatic carbocycles. The molecule has 2 aromatic rings. The van der Waals surface area contributed by atoms with Gasteiger partial charge < -0.3 is 10.6 Å². The number of aromatic nitrogens is 2. The summed E-state index contributed by atoms with van der Waals surface area (Å²) < 4.78 is 0.796. The van der Waals surface area contributed by atoms with E-state index in [2.05, 4.69) is 39.7 Å². The summed E-state index contributed by atoms with van der Waals surface area (Å²) in [6, 6.07) is 3.90. The van der Waals surface area contributed by atoms with Gasteiger partial charge in [0, 0.05) is 17.8 Å². The second kappa shape index (κ2) is 9.64. The van der Waals surface area contributed by atoms with Gasteiger partial charge in [0.15, 0.2) is 5.96 Å². The number of halogens is 2. The van der Waals surface area contributed by atoms with Crippen LogP contribution in [0.15, 0.2) is 17.1 Å². The number of rotatable bonds is 5. The zero-order valence-corrected chi connectivity index (χ0v) is 17.3. The van der Waals surface area contributed by atoms with Crippen molar-refractivity contribution in [1.29, 1.82) is 0 Å². The average molecular weight is 472 g/mol. The van der Waals surface area contributed by atoms with Gasteiger partial charge in [-0.3, -0.25) is 4.99 Å². The molecule has 0 radical (unpaired) electrons. The van der Waals surface area contributed by atoms with Crippen molar-refractivity contribution in [3.05, 3.63) is 31.4 Å². The monoisotopic (exact) mass is 471 g/mol. The normalized spacial score (nSPS) is 11.4. The van der Waals surface area contributed by atoms with Gasteiger partial charge in [-0.1, -0.05) is 36.8 Å². The number of hydrogen-bond donors (Lipinski definition) is 2. The van der Waals surface area contributed by atoms with Crippen molar-refractivity contribution in [2.45, 2.75) is 32.9 Å². The first-order valence-corrected chi connectivity index (χ1v) is 8.60. The Balaban J connectivity index is 0.00000242. The first-order valence-electron chi connectivity index (χ1n) is 6.59. The van der Waals surface area contributed by atoms with Crippen LogP contribution < -0.4 is 10.6 Å². The van der Waals surface area contributed by atoms with Gasteiger partial charge in [0.2, 0.25) is 0 Å². The lowest BCUT2D eigenvalue weighted by molar-refractivity contribution is 0.786. The van der Waals surface area contributed by atoms with Crippen molar-refractivity contribution in [3.63, 3.8) is 0 Å². The van der Waals surface area contributed by atoms with Gasteiger partial charge in [0.1, 0.15) is 10.0 Å². The maximum absolute atomic E-state index is 5.91. The van der Waals surface area contributed by atoms with E-state index < -0.39 is 0 Å². The van der Waals surface area contributed by atoms with Crippen LogP contribution in [-0.2, 0) is 13.1 Å². The third-order valence-electron chi connectivity index (χ3n) is 2.67. The summed E-state index contributed by atoms with van der Waals surface area (Å²) in [5, 5.41) is 16.8. The molecule has 0 saturated carbocycles. The van der Waals surface area contributed by atoms with Crippen molar-refractivity contribution < 1.29 is 0 Å². The van der Waals surface area contributed by atoms with E-state index in [1.807, 2.05) is 12.1 Å². The van der Waals surface area contributed by atoms with Gasteiger partial charge in [0.25, 0.3) is 0 Å². The Labute approximate surface area is 160 Å². The second-order valence-corrected chi connectivity index (χ2v) is 7.57. The fourth-order valence-electron chi connectivity index (χ4n) is 1.57. The molecule has 22 heavy (non-hydrogen) atoms. The lowest BCUT2D eigenvalue weighted by atomic mass is 10.2. The van der Waals surface area contributed by atoms with E-state index in [9.17, 15) is 0 Å². The first-order chi connectivity index (χ1) is 10.1. The molecule has 2 N–H and O–H groups in total. The summed E-state index contributed by atoms with van der Waals surface area (Å²) in [6.07, 6.45) is 0. The predicted molar refractivity (Wildman–Crippen MR) is 106 cm³/mol. The molecule has 5 nitrogen and oxygen atoms in total. The minimum absolute atomic E-state index is 0. The van der Waals surface area contributed by atoms with Crippen molar-refractivity contribution >= 4 is 64.2 Å². The smallest absolute Gasteiger partial charge is 0.191 e. The molecule has 0 unspecified atom stereocenters. The molecule has 0 aliphatic rings. The average Bonchev–Trinajstić information content (AvgIpc) is 3.08. The quantitative estimate of drug-likeness (QED) is 0.395. The summed E-state index contributed by atoms with van der Waals surface area (Å²) in [7, 11) is 1.75. The van der Waals surface area contributed by atoms with Crippen molar-refractivity contribution in [2.24, 2.45) is 4.99 Å². The molecule has 0 amide bonds. The van der Waals surface area contributed by atoms with Crippen LogP contribution in [-0.4, -0.2) is 23.2 Å². The first kappa shape index (κ1) is 19.6. The third-order valence-corrected chi connectivity index (χ3v) is 5.12. The van der Waals surface area contributed by atoms with E-state index in [0.717, 1.165) is 20.3 Å². The van der Waals surface area contributed by atoms with Crippen LogP contribution in [0.5, 0.6) is 0 Å². The van der Waals surface area contributed by atoms with Crippen LogP contribution in [0.1, 0.15) is 34.7 Å². The van der Waals surface area contributed by atoms with Crippen molar-refractivity contribution in [1.82, 2.24) is 20.8 Å². The number of aliphatic imine (C=N–C) groups is 1. The van der Waals surface area contributed by atoms with E-state index in [4.69, 9.17) is 11.6 Å².